The van der Waals surface area contributed by atoms with Gasteiger partial charge in [0.2, 0.25) is 17.7 Å². The second-order valence-electron chi connectivity index (χ2n) is 16.3. The maximum atomic E-state index is 13.2. The first kappa shape index (κ1) is 57.1. The van der Waals surface area contributed by atoms with Crippen LogP contribution in [0.2, 0.25) is 0 Å². The van der Waals surface area contributed by atoms with Crippen molar-refractivity contribution in [3.05, 3.63) is 0 Å². The molecule has 0 aromatic carbocycles. The van der Waals surface area contributed by atoms with E-state index >= 15 is 0 Å². The van der Waals surface area contributed by atoms with E-state index in [1.807, 2.05) is 10.6 Å². The molecule has 0 radical (unpaired) electrons. The van der Waals surface area contributed by atoms with Crippen LogP contribution in [-0.2, 0) is 57.1 Å². The number of carboxylic acids is 2. The molecule has 4 fully saturated rings. The predicted molar refractivity (Wildman–Crippen MR) is 206 cm³/mol. The predicted octanol–water partition coefficient (Wildman–Crippen LogP) is -13.0. The zero-order valence-corrected chi connectivity index (χ0v) is 35.7. The van der Waals surface area contributed by atoms with Gasteiger partial charge in [0.15, 0.2) is 12.6 Å². The molecule has 4 rings (SSSR count). The van der Waals surface area contributed by atoms with Crippen LogP contribution in [0.1, 0.15) is 19.8 Å². The molecular weight excluding hydrogens is 938 g/mol. The number of carboxylic acid groups (broad SMARTS) is 2. The smallest absolute Gasteiger partial charge is 0.364 e. The molecular formula is C36H59N3O29. The average molecular weight is 998 g/mol. The third-order valence-electron chi connectivity index (χ3n) is 11.6. The Kier molecular flexibility index (Phi) is 20.2. The maximum Gasteiger partial charge on any atom is 0.364 e. The second kappa shape index (κ2) is 24.1. The van der Waals surface area contributed by atoms with Crippen molar-refractivity contribution < 1.29 is 144 Å². The first-order valence-electron chi connectivity index (χ1n) is 20.7. The number of aliphatic hydroxyl groups excluding tert-OH is 15. The number of aliphatic hydroxyl groups is 15. The molecule has 32 nitrogen and oxygen atoms in total. The Hall–Kier alpha value is -3.53. The van der Waals surface area contributed by atoms with Gasteiger partial charge in [-0.3, -0.25) is 14.4 Å². The van der Waals surface area contributed by atoms with E-state index in [1.54, 1.807) is 0 Å². The summed E-state index contributed by atoms with van der Waals surface area (Å²) >= 11 is 0. The SMILES string of the molecule is CC(=O)N[C@H]1C(O)O[C@H](CO)[C@@H](O[C@@H]2O[C@H](CO)[C@H](O)[C@H](O[C@]3(C(=O)O)C[C@H](O)[C@@H](NC(=O)CO)[C@H]([C@H](O)[C@@H](CO)O[C@]4(C(=O)O)C[C@H](O)[C@@H](NC(=O)CO)[C@H]([C@H](O)[C@H](O)CO)O4)O3)[C@H]2O)[C@@H]1O. The van der Waals surface area contributed by atoms with Crippen LogP contribution in [0.25, 0.3) is 0 Å². The van der Waals surface area contributed by atoms with E-state index in [1.165, 1.54) is 0 Å². The van der Waals surface area contributed by atoms with Crippen molar-refractivity contribution in [3.63, 3.8) is 0 Å². The van der Waals surface area contributed by atoms with Crippen molar-refractivity contribution in [3.8, 4) is 0 Å². The molecule has 3 amide bonds. The summed E-state index contributed by atoms with van der Waals surface area (Å²) in [7, 11) is 0. The van der Waals surface area contributed by atoms with E-state index in [9.17, 15) is 111 Å². The molecule has 4 heterocycles. The maximum absolute atomic E-state index is 13.2. The summed E-state index contributed by atoms with van der Waals surface area (Å²) in [4.78, 5) is 62.5. The number of hydrogen-bond acceptors (Lipinski definition) is 27. The first-order chi connectivity index (χ1) is 31.9. The number of hydrogen-bond donors (Lipinski definition) is 20. The van der Waals surface area contributed by atoms with Gasteiger partial charge in [0, 0.05) is 19.8 Å². The molecule has 0 bridgehead atoms. The Balaban J connectivity index is 1.74. The second-order valence-corrected chi connectivity index (χ2v) is 16.3. The number of aliphatic carboxylic acids is 2. The Labute approximate surface area is 382 Å². The summed E-state index contributed by atoms with van der Waals surface area (Å²) < 4.78 is 38.7. The van der Waals surface area contributed by atoms with Crippen molar-refractivity contribution >= 4 is 29.7 Å². The Morgan fingerprint density at radius 3 is 1.62 bits per heavy atom. The highest BCUT2D eigenvalue weighted by molar-refractivity contribution is 5.79. The number of amides is 3. The largest absolute Gasteiger partial charge is 0.477 e. The van der Waals surface area contributed by atoms with Gasteiger partial charge in [-0.05, 0) is 0 Å². The molecule has 68 heavy (non-hydrogen) atoms. The lowest BCUT2D eigenvalue weighted by Crippen LogP contribution is -2.72. The molecule has 0 aliphatic carbocycles. The summed E-state index contributed by atoms with van der Waals surface area (Å²) in [5.41, 5.74) is 0. The van der Waals surface area contributed by atoms with Crippen molar-refractivity contribution in [1.82, 2.24) is 16.0 Å². The standard InChI is InChI=1S/C36H59N3O29/c1-10(46)37-21-25(55)27(16(7-43)62-31(21)57)64-32-26(56)30(23(53)14(5-41)63-32)68-36(34(60)61)3-12(48)20(39-18(51)9-45)29(67-36)24(54)15(6-42)65-35(33(58)59)2-11(47)19(38-17(50)8-44)28(66-35)22(52)13(49)4-40/h11-16,19-32,40-45,47-49,52-57H,2-9H2,1H3,(H,37,46)(H,38,50)(H,39,51)(H,58,59)(H,60,61)/t11-,12-,13+,14+,15+,16+,19+,20+,21+,22+,23-,24+,25+,26+,27+,28+,29+,30-,31?,32-,35+,36-/m0/s1. The molecule has 4 aliphatic rings. The topological polar surface area (TPSA) is 530 Å². The fourth-order valence-electron chi connectivity index (χ4n) is 8.16. The minimum absolute atomic E-state index is 0.776. The highest BCUT2D eigenvalue weighted by Gasteiger charge is 2.62. The van der Waals surface area contributed by atoms with Crippen LogP contribution in [0.3, 0.4) is 0 Å². The van der Waals surface area contributed by atoms with E-state index in [-0.39, 0.29) is 0 Å². The van der Waals surface area contributed by atoms with Gasteiger partial charge >= 0.3 is 11.9 Å². The number of nitrogens with one attached hydrogen (secondary N) is 3. The van der Waals surface area contributed by atoms with Crippen LogP contribution in [0, 0.1) is 0 Å². The van der Waals surface area contributed by atoms with E-state index in [0.717, 1.165) is 6.92 Å². The number of rotatable bonds is 21. The summed E-state index contributed by atoms with van der Waals surface area (Å²) in [6.45, 7) is -6.37. The van der Waals surface area contributed by atoms with E-state index in [4.69, 9.17) is 33.2 Å². The molecule has 0 aromatic rings. The number of carbonyl (C=O) groups is 5. The van der Waals surface area contributed by atoms with Crippen LogP contribution >= 0.6 is 0 Å². The molecule has 0 aromatic heterocycles. The fourth-order valence-corrected chi connectivity index (χ4v) is 8.16. The zero-order valence-electron chi connectivity index (χ0n) is 35.7. The number of ether oxygens (including phenoxy) is 7. The Morgan fingerprint density at radius 2 is 1.15 bits per heavy atom. The van der Waals surface area contributed by atoms with Crippen LogP contribution in [0.15, 0.2) is 0 Å². The van der Waals surface area contributed by atoms with Crippen LogP contribution in [0.4, 0.5) is 0 Å². The Morgan fingerprint density at radius 1 is 0.632 bits per heavy atom. The average Bonchev–Trinajstić information content (AvgIpc) is 3.30. The molecule has 4 saturated heterocycles. The Bertz CT molecular complexity index is 1720. The minimum Gasteiger partial charge on any atom is -0.477 e. The summed E-state index contributed by atoms with van der Waals surface area (Å²) in [5.74, 6) is -14.5. The number of carbonyl (C=O) groups excluding carboxylic acids is 3. The lowest BCUT2D eigenvalue weighted by atomic mass is 9.87. The molecule has 1 unspecified atom stereocenters. The molecule has 392 valence electrons. The molecule has 4 aliphatic heterocycles. The van der Waals surface area contributed by atoms with Gasteiger partial charge in [0.1, 0.15) is 98.6 Å². The highest BCUT2D eigenvalue weighted by atomic mass is 16.8. The molecule has 0 saturated carbocycles. The van der Waals surface area contributed by atoms with Crippen molar-refractivity contribution in [2.75, 3.05) is 39.6 Å². The van der Waals surface area contributed by atoms with Crippen molar-refractivity contribution in [2.24, 2.45) is 0 Å². The van der Waals surface area contributed by atoms with Gasteiger partial charge in [0.05, 0.1) is 50.7 Å². The molecule has 20 N–H and O–H groups in total. The van der Waals surface area contributed by atoms with Crippen LogP contribution in [-0.4, -0.2) is 290 Å². The monoisotopic (exact) mass is 997 g/mol. The fraction of sp³-hybridized carbons (Fsp3) is 0.861. The summed E-state index contributed by atoms with van der Waals surface area (Å²) in [6.07, 6.45) is -40.0. The first-order valence-corrected chi connectivity index (χ1v) is 20.7. The van der Waals surface area contributed by atoms with Gasteiger partial charge < -0.3 is 136 Å². The van der Waals surface area contributed by atoms with Crippen molar-refractivity contribution in [2.45, 2.75) is 154 Å². The molecule has 0 spiro atoms. The highest BCUT2D eigenvalue weighted by Crippen LogP contribution is 2.40. The van der Waals surface area contributed by atoms with Crippen LogP contribution < -0.4 is 16.0 Å². The normalized spacial score (nSPS) is 40.5. The van der Waals surface area contributed by atoms with E-state index in [2.05, 4.69) is 5.32 Å². The lowest BCUT2D eigenvalue weighted by molar-refractivity contribution is -0.384. The summed E-state index contributed by atoms with van der Waals surface area (Å²) in [5, 5.41) is 186. The van der Waals surface area contributed by atoms with Gasteiger partial charge in [-0.25, -0.2) is 9.59 Å². The van der Waals surface area contributed by atoms with Crippen molar-refractivity contribution in [1.29, 1.82) is 0 Å². The zero-order chi connectivity index (χ0) is 51.2. The molecule has 22 atom stereocenters. The molecule has 32 heteroatoms. The lowest BCUT2D eigenvalue weighted by Gasteiger charge is -2.51. The van der Waals surface area contributed by atoms with Crippen LogP contribution in [0.5, 0.6) is 0 Å². The summed E-state index contributed by atoms with van der Waals surface area (Å²) in [6, 6.07) is -5.57. The van der Waals surface area contributed by atoms with Gasteiger partial charge in [-0.15, -0.1) is 0 Å². The third kappa shape index (κ3) is 12.3. The van der Waals surface area contributed by atoms with Gasteiger partial charge in [-0.2, -0.15) is 0 Å². The van der Waals surface area contributed by atoms with Gasteiger partial charge in [-0.1, -0.05) is 0 Å². The quantitative estimate of drug-likeness (QED) is 0.0508. The van der Waals surface area contributed by atoms with E-state index < -0.39 is 216 Å². The van der Waals surface area contributed by atoms with E-state index in [0.29, 0.717) is 0 Å². The van der Waals surface area contributed by atoms with Gasteiger partial charge in [0.25, 0.3) is 11.6 Å². The third-order valence-corrected chi connectivity index (χ3v) is 11.6. The minimum atomic E-state index is -3.43.